The third-order valence-electron chi connectivity index (χ3n) is 1.65. The van der Waals surface area contributed by atoms with Gasteiger partial charge in [-0.2, -0.15) is 0 Å². The number of aliphatic hydroxyl groups is 1. The molecule has 1 N–H and O–H groups in total. The highest BCUT2D eigenvalue weighted by molar-refractivity contribution is 5.75. The monoisotopic (exact) mass is 140 g/mol. The van der Waals surface area contributed by atoms with E-state index in [0.717, 1.165) is 0 Å². The maximum atomic E-state index is 10.7. The van der Waals surface area contributed by atoms with Crippen molar-refractivity contribution in [2.45, 2.75) is 13.2 Å². The van der Waals surface area contributed by atoms with Crippen LogP contribution in [0, 0.1) is 24.2 Å². The third kappa shape index (κ3) is 0.869. The molecular weight excluding hydrogens is 132 g/mol. The van der Waals surface area contributed by atoms with Gasteiger partial charge in [0.15, 0.2) is 0 Å². The first-order valence-electron chi connectivity index (χ1n) is 3.01. The van der Waals surface area contributed by atoms with Crippen molar-refractivity contribution in [2.75, 3.05) is 0 Å². The standard InChI is InChI=1S/C7H8O3/c1-3-5-4(2)6(8)10-7(5)9/h1,4-5,7,9H,2H3. The van der Waals surface area contributed by atoms with Gasteiger partial charge >= 0.3 is 5.97 Å². The minimum atomic E-state index is -1.10. The predicted octanol–water partition coefficient (Wildman–Crippen LogP) is -0.253. The second-order valence-electron chi connectivity index (χ2n) is 2.31. The van der Waals surface area contributed by atoms with Gasteiger partial charge in [0.2, 0.25) is 6.29 Å². The van der Waals surface area contributed by atoms with Gasteiger partial charge in [-0.05, 0) is 0 Å². The first kappa shape index (κ1) is 7.10. The summed E-state index contributed by atoms with van der Waals surface area (Å²) in [5.74, 6) is 1.02. The second kappa shape index (κ2) is 2.31. The van der Waals surface area contributed by atoms with Crippen LogP contribution in [0.2, 0.25) is 0 Å². The Morgan fingerprint density at radius 2 is 2.40 bits per heavy atom. The number of carbonyl (C=O) groups excluding carboxylic acids is 1. The average molecular weight is 140 g/mol. The lowest BCUT2D eigenvalue weighted by Gasteiger charge is -2.04. The fraction of sp³-hybridized carbons (Fsp3) is 0.571. The molecule has 1 saturated heterocycles. The Kier molecular flexibility index (Phi) is 1.64. The van der Waals surface area contributed by atoms with E-state index in [1.165, 1.54) is 0 Å². The molecule has 0 bridgehead atoms. The first-order chi connectivity index (χ1) is 4.66. The molecule has 0 aromatic carbocycles. The highest BCUT2D eigenvalue weighted by atomic mass is 16.6. The van der Waals surface area contributed by atoms with Crippen LogP contribution in [-0.2, 0) is 9.53 Å². The summed E-state index contributed by atoms with van der Waals surface area (Å²) in [6.07, 6.45) is 3.93. The van der Waals surface area contributed by atoms with Crippen LogP contribution in [0.5, 0.6) is 0 Å². The summed E-state index contributed by atoms with van der Waals surface area (Å²) in [6, 6.07) is 0. The van der Waals surface area contributed by atoms with Crippen molar-refractivity contribution in [1.82, 2.24) is 0 Å². The van der Waals surface area contributed by atoms with E-state index in [1.807, 2.05) is 0 Å². The number of hydrogen-bond donors (Lipinski definition) is 1. The van der Waals surface area contributed by atoms with Gasteiger partial charge in [-0.3, -0.25) is 4.79 Å². The summed E-state index contributed by atoms with van der Waals surface area (Å²) in [4.78, 5) is 10.7. The molecule has 1 aliphatic heterocycles. The van der Waals surface area contributed by atoms with Crippen LogP contribution < -0.4 is 0 Å². The van der Waals surface area contributed by atoms with Crippen molar-refractivity contribution in [1.29, 1.82) is 0 Å². The van der Waals surface area contributed by atoms with Gasteiger partial charge in [0.25, 0.3) is 0 Å². The van der Waals surface area contributed by atoms with Crippen molar-refractivity contribution < 1.29 is 14.6 Å². The highest BCUT2D eigenvalue weighted by Crippen LogP contribution is 2.25. The van der Waals surface area contributed by atoms with E-state index in [4.69, 9.17) is 11.5 Å². The van der Waals surface area contributed by atoms with Crippen molar-refractivity contribution >= 4 is 5.97 Å². The van der Waals surface area contributed by atoms with Crippen LogP contribution >= 0.6 is 0 Å². The van der Waals surface area contributed by atoms with Crippen LogP contribution in [0.25, 0.3) is 0 Å². The Bertz CT molecular complexity index is 192. The van der Waals surface area contributed by atoms with E-state index in [0.29, 0.717) is 0 Å². The molecule has 0 aromatic rings. The Morgan fingerprint density at radius 3 is 2.60 bits per heavy atom. The molecule has 3 unspecified atom stereocenters. The van der Waals surface area contributed by atoms with Gasteiger partial charge in [-0.1, -0.05) is 12.8 Å². The Hall–Kier alpha value is -1.01. The average Bonchev–Trinajstić information content (AvgIpc) is 2.09. The molecule has 0 aliphatic carbocycles. The van der Waals surface area contributed by atoms with Gasteiger partial charge in [-0.15, -0.1) is 6.42 Å². The molecule has 3 nitrogen and oxygen atoms in total. The van der Waals surface area contributed by atoms with Crippen LogP contribution in [-0.4, -0.2) is 17.4 Å². The van der Waals surface area contributed by atoms with Crippen LogP contribution in [0.1, 0.15) is 6.92 Å². The predicted molar refractivity (Wildman–Crippen MR) is 33.6 cm³/mol. The molecule has 0 amide bonds. The summed E-state index contributed by atoms with van der Waals surface area (Å²) in [7, 11) is 0. The molecule has 3 atom stereocenters. The summed E-state index contributed by atoms with van der Waals surface area (Å²) in [6.45, 7) is 1.64. The molecule has 1 heterocycles. The van der Waals surface area contributed by atoms with Crippen molar-refractivity contribution in [3.05, 3.63) is 0 Å². The molecule has 0 aromatic heterocycles. The van der Waals surface area contributed by atoms with Gasteiger partial charge in [0.05, 0.1) is 11.8 Å². The molecular formula is C7H8O3. The molecule has 1 fully saturated rings. The largest absolute Gasteiger partial charge is 0.434 e. The third-order valence-corrected chi connectivity index (χ3v) is 1.65. The second-order valence-corrected chi connectivity index (χ2v) is 2.31. The zero-order valence-electron chi connectivity index (χ0n) is 5.57. The highest BCUT2D eigenvalue weighted by Gasteiger charge is 2.39. The zero-order valence-corrected chi connectivity index (χ0v) is 5.57. The van der Waals surface area contributed by atoms with Crippen molar-refractivity contribution in [3.8, 4) is 12.3 Å². The lowest BCUT2D eigenvalue weighted by atomic mass is 9.98. The van der Waals surface area contributed by atoms with E-state index in [-0.39, 0.29) is 5.92 Å². The number of cyclic esters (lactones) is 1. The van der Waals surface area contributed by atoms with Crippen molar-refractivity contribution in [2.24, 2.45) is 11.8 Å². The van der Waals surface area contributed by atoms with E-state index in [1.54, 1.807) is 6.92 Å². The zero-order chi connectivity index (χ0) is 7.72. The fourth-order valence-electron chi connectivity index (χ4n) is 0.920. The Balaban J connectivity index is 2.76. The molecule has 54 valence electrons. The summed E-state index contributed by atoms with van der Waals surface area (Å²) >= 11 is 0. The van der Waals surface area contributed by atoms with E-state index >= 15 is 0 Å². The van der Waals surface area contributed by atoms with E-state index in [9.17, 15) is 4.79 Å². The maximum Gasteiger partial charge on any atom is 0.312 e. The topological polar surface area (TPSA) is 46.5 Å². The number of hydrogen-bond acceptors (Lipinski definition) is 3. The molecule has 0 saturated carbocycles. The minimum absolute atomic E-state index is 0.375. The summed E-state index contributed by atoms with van der Waals surface area (Å²) in [5.41, 5.74) is 0. The number of ether oxygens (including phenoxy) is 1. The smallest absolute Gasteiger partial charge is 0.312 e. The molecule has 1 aliphatic rings. The Labute approximate surface area is 59.0 Å². The number of aliphatic hydroxyl groups excluding tert-OH is 1. The van der Waals surface area contributed by atoms with E-state index in [2.05, 4.69) is 10.7 Å². The Morgan fingerprint density at radius 1 is 1.80 bits per heavy atom. The van der Waals surface area contributed by atoms with Gasteiger partial charge in [0.1, 0.15) is 0 Å². The van der Waals surface area contributed by atoms with Gasteiger partial charge in [-0.25, -0.2) is 0 Å². The van der Waals surface area contributed by atoms with Gasteiger partial charge in [0, 0.05) is 0 Å². The minimum Gasteiger partial charge on any atom is -0.434 e. The summed E-state index contributed by atoms with van der Waals surface area (Å²) in [5, 5.41) is 8.94. The normalized spacial score (nSPS) is 38.9. The maximum absolute atomic E-state index is 10.7. The number of rotatable bonds is 0. The van der Waals surface area contributed by atoms with Gasteiger partial charge < -0.3 is 9.84 Å². The van der Waals surface area contributed by atoms with Crippen LogP contribution in [0.3, 0.4) is 0 Å². The number of terminal acetylenes is 1. The SMILES string of the molecule is C#CC1C(O)OC(=O)C1C. The molecule has 10 heavy (non-hydrogen) atoms. The summed E-state index contributed by atoms with van der Waals surface area (Å²) < 4.78 is 4.45. The molecule has 1 rings (SSSR count). The van der Waals surface area contributed by atoms with Crippen molar-refractivity contribution in [3.63, 3.8) is 0 Å². The van der Waals surface area contributed by atoms with Crippen LogP contribution in [0.15, 0.2) is 0 Å². The number of carbonyl (C=O) groups is 1. The lowest BCUT2D eigenvalue weighted by molar-refractivity contribution is -0.156. The fourth-order valence-corrected chi connectivity index (χ4v) is 0.920. The first-order valence-corrected chi connectivity index (χ1v) is 3.01. The quantitative estimate of drug-likeness (QED) is 0.372. The molecule has 3 heteroatoms. The van der Waals surface area contributed by atoms with E-state index < -0.39 is 18.2 Å². The molecule has 0 radical (unpaired) electrons. The molecule has 0 spiro atoms. The lowest BCUT2D eigenvalue weighted by Crippen LogP contribution is -2.16. The van der Waals surface area contributed by atoms with Crippen LogP contribution in [0.4, 0.5) is 0 Å². The number of esters is 1.